The number of hydrogen-bond donors (Lipinski definition) is 0. The number of rotatable bonds is 1. The average Bonchev–Trinajstić information content (AvgIpc) is 2.58. The van der Waals surface area contributed by atoms with Gasteiger partial charge in [-0.1, -0.05) is 20.8 Å². The Morgan fingerprint density at radius 1 is 1.50 bits per heavy atom. The zero-order chi connectivity index (χ0) is 11.9. The van der Waals surface area contributed by atoms with E-state index in [-0.39, 0.29) is 0 Å². The van der Waals surface area contributed by atoms with Gasteiger partial charge in [0.1, 0.15) is 0 Å². The van der Waals surface area contributed by atoms with Crippen LogP contribution in [0.1, 0.15) is 47.3 Å². The Morgan fingerprint density at radius 3 is 2.75 bits per heavy atom. The fraction of sp³-hybridized carbons (Fsp3) is 0.615. The molecule has 0 aromatic carbocycles. The molecule has 0 unspecified atom stereocenters. The van der Waals surface area contributed by atoms with Crippen molar-refractivity contribution in [2.75, 3.05) is 0 Å². The normalized spacial score (nSPS) is 20.6. The van der Waals surface area contributed by atoms with Crippen molar-refractivity contribution in [3.05, 3.63) is 21.4 Å². The summed E-state index contributed by atoms with van der Waals surface area (Å²) in [5.74, 6) is -0.379. The summed E-state index contributed by atoms with van der Waals surface area (Å²) in [6, 6.07) is 1.81. The van der Waals surface area contributed by atoms with Crippen LogP contribution in [0.2, 0.25) is 0 Å². The van der Waals surface area contributed by atoms with Crippen LogP contribution in [0.5, 0.6) is 0 Å². The summed E-state index contributed by atoms with van der Waals surface area (Å²) < 4.78 is 0. The molecule has 1 atom stereocenters. The van der Waals surface area contributed by atoms with Gasteiger partial charge in [0.2, 0.25) is 0 Å². The van der Waals surface area contributed by atoms with Gasteiger partial charge < -0.3 is 9.90 Å². The van der Waals surface area contributed by atoms with Crippen LogP contribution < -0.4 is 5.11 Å². The molecule has 0 amide bonds. The molecule has 1 aromatic rings. The van der Waals surface area contributed by atoms with Crippen LogP contribution in [-0.2, 0) is 12.8 Å². The van der Waals surface area contributed by atoms with E-state index in [2.05, 4.69) is 20.8 Å². The van der Waals surface area contributed by atoms with Crippen LogP contribution in [0.3, 0.4) is 0 Å². The van der Waals surface area contributed by atoms with E-state index in [4.69, 9.17) is 0 Å². The number of aromatic carboxylic acids is 1. The Morgan fingerprint density at radius 2 is 2.19 bits per heavy atom. The Kier molecular flexibility index (Phi) is 2.82. The topological polar surface area (TPSA) is 40.1 Å². The first-order valence-electron chi connectivity index (χ1n) is 5.71. The molecule has 0 saturated heterocycles. The summed E-state index contributed by atoms with van der Waals surface area (Å²) in [5.41, 5.74) is 1.54. The molecule has 0 spiro atoms. The number of carboxylic acids is 1. The zero-order valence-corrected chi connectivity index (χ0v) is 10.8. The van der Waals surface area contributed by atoms with E-state index in [1.807, 2.05) is 6.07 Å². The molecule has 88 valence electrons. The Balaban J connectivity index is 2.24. The van der Waals surface area contributed by atoms with Gasteiger partial charge >= 0.3 is 0 Å². The van der Waals surface area contributed by atoms with Crippen molar-refractivity contribution in [2.45, 2.75) is 40.0 Å². The Labute approximate surface area is 100 Å². The van der Waals surface area contributed by atoms with Gasteiger partial charge in [0.25, 0.3) is 0 Å². The molecule has 1 aliphatic rings. The van der Waals surface area contributed by atoms with Crippen LogP contribution in [0, 0.1) is 11.3 Å². The summed E-state index contributed by atoms with van der Waals surface area (Å²) in [5, 5.41) is 10.8. The van der Waals surface area contributed by atoms with Crippen molar-refractivity contribution in [3.8, 4) is 0 Å². The smallest absolute Gasteiger partial charge is 0.0815 e. The highest BCUT2D eigenvalue weighted by Gasteiger charge is 2.29. The fourth-order valence-corrected chi connectivity index (χ4v) is 3.41. The number of thiophene rings is 1. The number of carbonyl (C=O) groups is 1. The monoisotopic (exact) mass is 237 g/mol. The summed E-state index contributed by atoms with van der Waals surface area (Å²) in [7, 11) is 0. The van der Waals surface area contributed by atoms with E-state index in [0.717, 1.165) is 12.8 Å². The van der Waals surface area contributed by atoms with Gasteiger partial charge in [-0.05, 0) is 42.2 Å². The highest BCUT2D eigenvalue weighted by atomic mass is 32.1. The predicted octanol–water partition coefficient (Wildman–Crippen LogP) is 2.26. The molecule has 3 heteroatoms. The van der Waals surface area contributed by atoms with Crippen molar-refractivity contribution in [1.82, 2.24) is 0 Å². The van der Waals surface area contributed by atoms with Crippen molar-refractivity contribution in [1.29, 1.82) is 0 Å². The minimum absolute atomic E-state index is 0.307. The first kappa shape index (κ1) is 11.6. The number of fused-ring (bicyclic) bond motifs is 1. The van der Waals surface area contributed by atoms with Gasteiger partial charge in [0.05, 0.1) is 10.8 Å². The summed E-state index contributed by atoms with van der Waals surface area (Å²) in [6.07, 6.45) is 3.21. The maximum absolute atomic E-state index is 10.8. The quantitative estimate of drug-likeness (QED) is 0.751. The third-order valence-electron chi connectivity index (χ3n) is 3.51. The first-order chi connectivity index (χ1) is 7.38. The average molecular weight is 237 g/mol. The minimum Gasteiger partial charge on any atom is -0.544 e. The van der Waals surface area contributed by atoms with Crippen LogP contribution in [0.25, 0.3) is 0 Å². The van der Waals surface area contributed by atoms with Crippen molar-refractivity contribution in [2.24, 2.45) is 11.3 Å². The molecule has 1 aliphatic carbocycles. The number of aryl methyl sites for hydroxylation is 1. The molecular weight excluding hydrogens is 220 g/mol. The Hall–Kier alpha value is -0.830. The van der Waals surface area contributed by atoms with Gasteiger partial charge in [-0.25, -0.2) is 0 Å². The largest absolute Gasteiger partial charge is 0.544 e. The number of hydrogen-bond acceptors (Lipinski definition) is 3. The van der Waals surface area contributed by atoms with Crippen LogP contribution >= 0.6 is 11.3 Å². The third kappa shape index (κ3) is 2.14. The molecule has 0 aliphatic heterocycles. The van der Waals surface area contributed by atoms with E-state index < -0.39 is 5.97 Å². The molecule has 1 heterocycles. The van der Waals surface area contributed by atoms with Gasteiger partial charge in [-0.3, -0.25) is 0 Å². The van der Waals surface area contributed by atoms with Gasteiger partial charge in [0, 0.05) is 4.88 Å². The van der Waals surface area contributed by atoms with Crippen LogP contribution in [0.4, 0.5) is 0 Å². The van der Waals surface area contributed by atoms with Crippen LogP contribution in [-0.4, -0.2) is 5.97 Å². The number of carboxylic acid groups (broad SMARTS) is 1. The summed E-state index contributed by atoms with van der Waals surface area (Å²) in [4.78, 5) is 12.4. The zero-order valence-electron chi connectivity index (χ0n) is 10.0. The highest BCUT2D eigenvalue weighted by molar-refractivity contribution is 7.14. The second-order valence-corrected chi connectivity index (χ2v) is 6.79. The van der Waals surface area contributed by atoms with E-state index in [1.165, 1.54) is 28.2 Å². The maximum Gasteiger partial charge on any atom is 0.0815 e. The molecule has 0 N–H and O–H groups in total. The molecule has 0 fully saturated rings. The van der Waals surface area contributed by atoms with Crippen LogP contribution in [0.15, 0.2) is 6.07 Å². The molecular formula is C13H17O2S-. The van der Waals surface area contributed by atoms with E-state index in [9.17, 15) is 9.90 Å². The molecule has 2 rings (SSSR count). The molecule has 16 heavy (non-hydrogen) atoms. The Bertz CT molecular complexity index is 412. The summed E-state index contributed by atoms with van der Waals surface area (Å²) >= 11 is 1.39. The SMILES string of the molecule is CC(C)(C)[C@@H]1CCc2sc(C(=O)[O-])cc2C1. The van der Waals surface area contributed by atoms with E-state index >= 15 is 0 Å². The van der Waals surface area contributed by atoms with Crippen molar-refractivity contribution in [3.63, 3.8) is 0 Å². The van der Waals surface area contributed by atoms with Gasteiger partial charge in [-0.2, -0.15) is 0 Å². The highest BCUT2D eigenvalue weighted by Crippen LogP contribution is 2.39. The van der Waals surface area contributed by atoms with Gasteiger partial charge in [-0.15, -0.1) is 11.3 Å². The standard InChI is InChI=1S/C13H18O2S/c1-13(2,3)9-4-5-10-8(6-9)7-11(16-10)12(14)15/h7,9H,4-6H2,1-3H3,(H,14,15)/p-1/t9-/m1/s1. The lowest BCUT2D eigenvalue weighted by Crippen LogP contribution is -2.26. The minimum atomic E-state index is -1.04. The second-order valence-electron chi connectivity index (χ2n) is 5.65. The summed E-state index contributed by atoms with van der Waals surface area (Å²) in [6.45, 7) is 6.78. The van der Waals surface area contributed by atoms with Crippen molar-refractivity contribution < 1.29 is 9.90 Å². The van der Waals surface area contributed by atoms with E-state index in [0.29, 0.717) is 16.2 Å². The lowest BCUT2D eigenvalue weighted by Gasteiger charge is -2.33. The lowest BCUT2D eigenvalue weighted by molar-refractivity contribution is -0.254. The maximum atomic E-state index is 10.8. The van der Waals surface area contributed by atoms with E-state index in [1.54, 1.807) is 0 Å². The molecule has 1 aromatic heterocycles. The molecule has 0 bridgehead atoms. The molecule has 0 saturated carbocycles. The number of carbonyl (C=O) groups excluding carboxylic acids is 1. The third-order valence-corrected chi connectivity index (χ3v) is 4.73. The van der Waals surface area contributed by atoms with Crippen molar-refractivity contribution >= 4 is 17.3 Å². The lowest BCUT2D eigenvalue weighted by atomic mass is 9.72. The molecule has 0 radical (unpaired) electrons. The first-order valence-corrected chi connectivity index (χ1v) is 6.52. The fourth-order valence-electron chi connectivity index (χ4n) is 2.36. The molecule has 2 nitrogen and oxygen atoms in total. The predicted molar refractivity (Wildman–Crippen MR) is 63.6 cm³/mol. The second kappa shape index (κ2) is 3.88. The van der Waals surface area contributed by atoms with Gasteiger partial charge in [0.15, 0.2) is 0 Å².